The highest BCUT2D eigenvalue weighted by Gasteiger charge is 2.41. The molecule has 0 aliphatic heterocycles. The van der Waals surface area contributed by atoms with Crippen LogP contribution in [-0.4, -0.2) is 0 Å². The third-order valence-corrected chi connectivity index (χ3v) is 26.3. The van der Waals surface area contributed by atoms with E-state index in [-0.39, 0.29) is 21.7 Å². The van der Waals surface area contributed by atoms with E-state index in [9.17, 15) is 13.2 Å². The maximum absolute atomic E-state index is 13.4. The van der Waals surface area contributed by atoms with Crippen molar-refractivity contribution < 1.29 is 13.2 Å². The van der Waals surface area contributed by atoms with Gasteiger partial charge in [-0.25, -0.2) is 0 Å². The molecule has 560 valence electrons. The lowest BCUT2D eigenvalue weighted by atomic mass is 9.64. The second-order valence-corrected chi connectivity index (χ2v) is 33.3. The van der Waals surface area contributed by atoms with Gasteiger partial charge in [-0.15, -0.1) is 0 Å². The van der Waals surface area contributed by atoms with E-state index in [1.807, 2.05) is 6.07 Å². The summed E-state index contributed by atoms with van der Waals surface area (Å²) >= 11 is 0. The summed E-state index contributed by atoms with van der Waals surface area (Å²) in [6.07, 6.45) is 13.8. The lowest BCUT2D eigenvalue weighted by molar-refractivity contribution is -0.138. The molecule has 0 nitrogen and oxygen atoms in total. The largest absolute Gasteiger partial charge is 0.416 e. The molecule has 3 saturated carbocycles. The lowest BCUT2D eigenvalue weighted by Gasteiger charge is -2.39. The SMILES string of the molecule is CCC(C)(c1ccc(C)c(C)c1)c1ccc(C)c(C)c1.Cc1ccc(C(C)c2ccc(C)c(C)c2)cc1C.Cc1ccc(C2(c3ccc(C)c(C(F)(F)F)c3)CCCCC2)cc1C.Cc1ccc(C2(c3ccc(C)c(C)c3)CCCC2)cc1C.Cc1ccc(C2(c3ccc(C)c(C)c3)CCCCC2)cc1C. The van der Waals surface area contributed by atoms with Crippen LogP contribution in [0.5, 0.6) is 0 Å². The fourth-order valence-electron chi connectivity index (χ4n) is 16.9. The molecular formula is C103H127F3. The molecule has 0 heterocycles. The Hall–Kier alpha value is -8.01. The average molecular weight is 1420 g/mol. The zero-order valence-corrected chi connectivity index (χ0v) is 69.1. The Labute approximate surface area is 640 Å². The van der Waals surface area contributed by atoms with Gasteiger partial charge in [0.15, 0.2) is 0 Å². The maximum Gasteiger partial charge on any atom is 0.416 e. The normalized spacial score (nSPS) is 15.2. The molecule has 0 saturated heterocycles. The molecule has 0 N–H and O–H groups in total. The second-order valence-electron chi connectivity index (χ2n) is 33.3. The number of aryl methyl sites for hydroxylation is 19. The summed E-state index contributed by atoms with van der Waals surface area (Å²) in [7, 11) is 0. The average Bonchev–Trinajstić information content (AvgIpc) is 0.914. The van der Waals surface area contributed by atoms with Crippen LogP contribution >= 0.6 is 0 Å². The first-order chi connectivity index (χ1) is 50.2. The van der Waals surface area contributed by atoms with E-state index in [2.05, 4.69) is 309 Å². The number of benzene rings is 10. The Kier molecular flexibility index (Phi) is 27.0. The first-order valence-corrected chi connectivity index (χ1v) is 40.0. The highest BCUT2D eigenvalue weighted by molar-refractivity contribution is 5.51. The van der Waals surface area contributed by atoms with Crippen molar-refractivity contribution in [2.75, 3.05) is 0 Å². The molecule has 0 radical (unpaired) electrons. The number of hydrogen-bond donors (Lipinski definition) is 0. The summed E-state index contributed by atoms with van der Waals surface area (Å²) < 4.78 is 40.3. The highest BCUT2D eigenvalue weighted by Crippen LogP contribution is 2.50. The summed E-state index contributed by atoms with van der Waals surface area (Å²) in [5, 5.41) is 0. The van der Waals surface area contributed by atoms with Crippen molar-refractivity contribution in [2.24, 2.45) is 0 Å². The van der Waals surface area contributed by atoms with Gasteiger partial charge in [-0.3, -0.25) is 0 Å². The van der Waals surface area contributed by atoms with Crippen LogP contribution in [0.4, 0.5) is 13.2 Å². The van der Waals surface area contributed by atoms with E-state index in [1.165, 1.54) is 215 Å². The predicted molar refractivity (Wildman–Crippen MR) is 451 cm³/mol. The topological polar surface area (TPSA) is 0 Å². The van der Waals surface area contributed by atoms with E-state index < -0.39 is 11.7 Å². The van der Waals surface area contributed by atoms with Crippen LogP contribution in [0.15, 0.2) is 182 Å². The summed E-state index contributed by atoms with van der Waals surface area (Å²) in [4.78, 5) is 0. The minimum atomic E-state index is -4.31. The molecule has 0 bridgehead atoms. The molecule has 0 spiro atoms. The maximum atomic E-state index is 13.4. The van der Waals surface area contributed by atoms with Crippen LogP contribution in [-0.2, 0) is 27.8 Å². The van der Waals surface area contributed by atoms with E-state index >= 15 is 0 Å². The molecule has 10 aromatic rings. The number of hydrogen-bond acceptors (Lipinski definition) is 0. The van der Waals surface area contributed by atoms with Gasteiger partial charge in [-0.2, -0.15) is 13.2 Å². The summed E-state index contributed by atoms with van der Waals surface area (Å²) in [5.74, 6) is 0.462. The summed E-state index contributed by atoms with van der Waals surface area (Å²) in [6, 6.07) is 67.1. The van der Waals surface area contributed by atoms with Crippen molar-refractivity contribution in [1.82, 2.24) is 0 Å². The lowest BCUT2D eigenvalue weighted by Crippen LogP contribution is -2.31. The zero-order valence-electron chi connectivity index (χ0n) is 69.1. The van der Waals surface area contributed by atoms with E-state index in [4.69, 9.17) is 0 Å². The Balaban J connectivity index is 0.000000154. The third kappa shape index (κ3) is 18.6. The number of alkyl halides is 3. The Bertz CT molecular complexity index is 4450. The van der Waals surface area contributed by atoms with Crippen molar-refractivity contribution in [3.8, 4) is 0 Å². The van der Waals surface area contributed by atoms with Gasteiger partial charge in [0.1, 0.15) is 0 Å². The fourth-order valence-corrected chi connectivity index (χ4v) is 16.9. The first-order valence-electron chi connectivity index (χ1n) is 40.0. The zero-order chi connectivity index (χ0) is 77.2. The molecule has 3 aliphatic rings. The van der Waals surface area contributed by atoms with Gasteiger partial charge in [-0.05, 0) is 344 Å². The van der Waals surface area contributed by atoms with E-state index in [0.717, 1.165) is 49.7 Å². The van der Waals surface area contributed by atoms with Crippen molar-refractivity contribution in [1.29, 1.82) is 0 Å². The quantitative estimate of drug-likeness (QED) is 0.121. The predicted octanol–water partition coefficient (Wildman–Crippen LogP) is 29.5. The smallest absolute Gasteiger partial charge is 0.166 e. The van der Waals surface area contributed by atoms with Gasteiger partial charge in [0.25, 0.3) is 0 Å². The van der Waals surface area contributed by atoms with Gasteiger partial charge < -0.3 is 0 Å². The Morgan fingerprint density at radius 1 is 0.264 bits per heavy atom. The number of halogens is 3. The molecule has 13 rings (SSSR count). The van der Waals surface area contributed by atoms with Crippen LogP contribution in [0.2, 0.25) is 0 Å². The van der Waals surface area contributed by atoms with Crippen LogP contribution < -0.4 is 0 Å². The minimum Gasteiger partial charge on any atom is -0.166 e. The Morgan fingerprint density at radius 3 is 0.717 bits per heavy atom. The number of rotatable bonds is 11. The monoisotopic (exact) mass is 1420 g/mol. The van der Waals surface area contributed by atoms with E-state index in [0.29, 0.717) is 11.5 Å². The van der Waals surface area contributed by atoms with Gasteiger partial charge in [0.2, 0.25) is 0 Å². The van der Waals surface area contributed by atoms with Gasteiger partial charge in [-0.1, -0.05) is 248 Å². The Morgan fingerprint density at radius 2 is 0.481 bits per heavy atom. The van der Waals surface area contributed by atoms with Crippen LogP contribution in [0.25, 0.3) is 0 Å². The summed E-state index contributed by atoms with van der Waals surface area (Å²) in [6.45, 7) is 47.9. The molecule has 0 atom stereocenters. The van der Waals surface area contributed by atoms with Crippen LogP contribution in [0, 0.1) is 132 Å². The van der Waals surface area contributed by atoms with Crippen molar-refractivity contribution in [3.05, 3.63) is 349 Å². The summed E-state index contributed by atoms with van der Waals surface area (Å²) in [5.41, 5.74) is 38.5. The molecule has 0 aromatic heterocycles. The molecule has 0 unspecified atom stereocenters. The molecule has 0 amide bonds. The van der Waals surface area contributed by atoms with E-state index in [1.54, 1.807) is 6.07 Å². The molecule has 106 heavy (non-hydrogen) atoms. The fraction of sp³-hybridized carbons (Fsp3) is 0.417. The molecule has 3 aliphatic carbocycles. The second kappa shape index (κ2) is 34.9. The van der Waals surface area contributed by atoms with Crippen molar-refractivity contribution >= 4 is 0 Å². The van der Waals surface area contributed by atoms with Gasteiger partial charge in [0, 0.05) is 27.6 Å². The van der Waals surface area contributed by atoms with Crippen molar-refractivity contribution in [2.45, 2.75) is 282 Å². The van der Waals surface area contributed by atoms with Crippen LogP contribution in [0.1, 0.15) is 290 Å². The minimum absolute atomic E-state index is 0.0942. The van der Waals surface area contributed by atoms with Crippen molar-refractivity contribution in [3.63, 3.8) is 0 Å². The molecule has 10 aromatic carbocycles. The standard InChI is InChI=1S/C22H25F3.C22H28.C21H26.C20H26.C18H22/c1-15-7-9-18(13-17(15)3)21(11-5-4-6-12-21)19-10-8-16(2)20(14-19)22(23,24)25;1-16-8-10-20(14-18(16)3)22(12-6-5-7-13-22)21-11-9-17(2)19(4)15-21;1-15-7-9-19(13-17(15)3)21(11-5-6-12-21)20-10-8-16(2)18(4)14-20;1-7-20(6,18-10-8-14(2)16(4)12-18)19-11-9-15(3)17(5)13-19;1-12-6-8-17(10-14(12)3)16(5)18-9-7-13(2)15(4)11-18/h7-10,13-14H,4-6,11-12H2,1-3H3;8-11,14-15H,5-7,12-13H2,1-4H3;7-10,13-14H,5-6,11-12H2,1-4H3;8-13H,7H2,1-6H3;6-11,16H,1-5H3. The van der Waals surface area contributed by atoms with Crippen LogP contribution in [0.3, 0.4) is 0 Å². The van der Waals surface area contributed by atoms with Gasteiger partial charge >= 0.3 is 6.18 Å². The molecule has 3 fully saturated rings. The first kappa shape index (κ1) is 82.1. The third-order valence-electron chi connectivity index (χ3n) is 26.3. The highest BCUT2D eigenvalue weighted by atomic mass is 19.4. The molecular weight excluding hydrogens is 1290 g/mol. The molecule has 3 heteroatoms. The van der Waals surface area contributed by atoms with Gasteiger partial charge in [0.05, 0.1) is 5.56 Å².